The second-order valence-electron chi connectivity index (χ2n) is 4.89. The number of amides is 2. The van der Waals surface area contributed by atoms with E-state index in [2.05, 4.69) is 19.2 Å². The molecular weight excluding hydrogens is 178 g/mol. The molecule has 2 aliphatic rings. The molecule has 78 valence electrons. The van der Waals surface area contributed by atoms with Crippen LogP contribution >= 0.6 is 0 Å². The summed E-state index contributed by atoms with van der Waals surface area (Å²) in [4.78, 5) is 22.9. The van der Waals surface area contributed by atoms with E-state index in [1.807, 2.05) is 0 Å². The van der Waals surface area contributed by atoms with Crippen molar-refractivity contribution < 1.29 is 9.59 Å². The normalized spacial score (nSPS) is 33.4. The van der Waals surface area contributed by atoms with Gasteiger partial charge in [0, 0.05) is 12.3 Å². The van der Waals surface area contributed by atoms with Gasteiger partial charge in [-0.2, -0.15) is 0 Å². The Morgan fingerprint density at radius 2 is 1.93 bits per heavy atom. The van der Waals surface area contributed by atoms with Crippen LogP contribution in [0.15, 0.2) is 0 Å². The number of carbonyl (C=O) groups excluding carboxylic acids is 2. The molecule has 3 heteroatoms. The van der Waals surface area contributed by atoms with Crippen LogP contribution in [0.5, 0.6) is 0 Å². The summed E-state index contributed by atoms with van der Waals surface area (Å²) in [5.74, 6) is 1.22. The fourth-order valence-electron chi connectivity index (χ4n) is 2.59. The quantitative estimate of drug-likeness (QED) is 0.676. The SMILES string of the molecule is CC(C)C1C(=O)NC(=O)CC1C1CC1. The van der Waals surface area contributed by atoms with E-state index in [0.717, 1.165) is 0 Å². The highest BCUT2D eigenvalue weighted by Crippen LogP contribution is 2.45. The summed E-state index contributed by atoms with van der Waals surface area (Å²) in [6, 6.07) is 0. The highest BCUT2D eigenvalue weighted by molar-refractivity contribution is 5.99. The van der Waals surface area contributed by atoms with Crippen LogP contribution in [0, 0.1) is 23.7 Å². The molecule has 0 spiro atoms. The first-order chi connectivity index (χ1) is 6.59. The Morgan fingerprint density at radius 3 is 2.43 bits per heavy atom. The van der Waals surface area contributed by atoms with Crippen LogP contribution in [0.3, 0.4) is 0 Å². The van der Waals surface area contributed by atoms with Gasteiger partial charge in [-0.05, 0) is 30.6 Å². The number of rotatable bonds is 2. The third-order valence-corrected chi connectivity index (χ3v) is 3.39. The Morgan fingerprint density at radius 1 is 1.29 bits per heavy atom. The predicted octanol–water partition coefficient (Wildman–Crippen LogP) is 1.33. The molecule has 0 aromatic rings. The first-order valence-electron chi connectivity index (χ1n) is 5.43. The monoisotopic (exact) mass is 195 g/mol. The van der Waals surface area contributed by atoms with Crippen LogP contribution in [-0.4, -0.2) is 11.8 Å². The highest BCUT2D eigenvalue weighted by atomic mass is 16.2. The summed E-state index contributed by atoms with van der Waals surface area (Å²) in [6.07, 6.45) is 2.96. The number of imide groups is 1. The Kier molecular flexibility index (Phi) is 2.33. The largest absolute Gasteiger partial charge is 0.296 e. The van der Waals surface area contributed by atoms with Crippen molar-refractivity contribution >= 4 is 11.8 Å². The van der Waals surface area contributed by atoms with Gasteiger partial charge >= 0.3 is 0 Å². The lowest BCUT2D eigenvalue weighted by molar-refractivity contribution is -0.141. The van der Waals surface area contributed by atoms with Crippen molar-refractivity contribution in [2.24, 2.45) is 23.7 Å². The van der Waals surface area contributed by atoms with Gasteiger partial charge in [0.25, 0.3) is 0 Å². The molecule has 2 amide bonds. The molecule has 1 saturated heterocycles. The molecule has 1 heterocycles. The fourth-order valence-corrected chi connectivity index (χ4v) is 2.59. The van der Waals surface area contributed by atoms with Gasteiger partial charge in [-0.25, -0.2) is 0 Å². The lowest BCUT2D eigenvalue weighted by Gasteiger charge is -2.32. The zero-order chi connectivity index (χ0) is 10.3. The van der Waals surface area contributed by atoms with Gasteiger partial charge in [0.05, 0.1) is 0 Å². The summed E-state index contributed by atoms with van der Waals surface area (Å²) >= 11 is 0. The topological polar surface area (TPSA) is 46.2 Å². The smallest absolute Gasteiger partial charge is 0.230 e. The summed E-state index contributed by atoms with van der Waals surface area (Å²) in [6.45, 7) is 4.13. The van der Waals surface area contributed by atoms with Crippen LogP contribution in [0.4, 0.5) is 0 Å². The fraction of sp³-hybridized carbons (Fsp3) is 0.818. The minimum Gasteiger partial charge on any atom is -0.296 e. The van der Waals surface area contributed by atoms with Crippen molar-refractivity contribution in [3.05, 3.63) is 0 Å². The molecule has 1 N–H and O–H groups in total. The number of carbonyl (C=O) groups is 2. The van der Waals surface area contributed by atoms with Crippen molar-refractivity contribution in [3.63, 3.8) is 0 Å². The summed E-state index contributed by atoms with van der Waals surface area (Å²) in [5, 5.41) is 2.45. The average Bonchev–Trinajstić information content (AvgIpc) is 2.82. The predicted molar refractivity (Wildman–Crippen MR) is 52.3 cm³/mol. The summed E-state index contributed by atoms with van der Waals surface area (Å²) in [5.41, 5.74) is 0. The molecule has 3 nitrogen and oxygen atoms in total. The van der Waals surface area contributed by atoms with Gasteiger partial charge in [-0.3, -0.25) is 14.9 Å². The van der Waals surface area contributed by atoms with E-state index in [1.165, 1.54) is 12.8 Å². The van der Waals surface area contributed by atoms with Gasteiger partial charge in [0.1, 0.15) is 0 Å². The van der Waals surface area contributed by atoms with Crippen molar-refractivity contribution in [2.45, 2.75) is 33.1 Å². The Bertz CT molecular complexity index is 268. The van der Waals surface area contributed by atoms with Crippen LogP contribution in [0.2, 0.25) is 0 Å². The summed E-state index contributed by atoms with van der Waals surface area (Å²) < 4.78 is 0. The first kappa shape index (κ1) is 9.69. The van der Waals surface area contributed by atoms with Crippen molar-refractivity contribution in [1.29, 1.82) is 0 Å². The molecule has 14 heavy (non-hydrogen) atoms. The Labute approximate surface area is 84.2 Å². The van der Waals surface area contributed by atoms with Crippen LogP contribution in [0.25, 0.3) is 0 Å². The molecule has 0 aromatic carbocycles. The standard InChI is InChI=1S/C11H17NO2/c1-6(2)10-8(7-3-4-7)5-9(13)12-11(10)14/h6-8,10H,3-5H2,1-2H3,(H,12,13,14). The maximum Gasteiger partial charge on any atom is 0.230 e. The maximum atomic E-state index is 11.7. The molecule has 1 aliphatic carbocycles. The number of hydrogen-bond acceptors (Lipinski definition) is 2. The molecule has 1 aliphatic heterocycles. The average molecular weight is 195 g/mol. The number of nitrogens with one attached hydrogen (secondary N) is 1. The molecule has 0 bridgehead atoms. The number of hydrogen-bond donors (Lipinski definition) is 1. The molecule has 0 aromatic heterocycles. The van der Waals surface area contributed by atoms with Gasteiger partial charge in [-0.15, -0.1) is 0 Å². The summed E-state index contributed by atoms with van der Waals surface area (Å²) in [7, 11) is 0. The van der Waals surface area contributed by atoms with E-state index >= 15 is 0 Å². The van der Waals surface area contributed by atoms with Gasteiger partial charge in [0.2, 0.25) is 11.8 Å². The molecule has 1 saturated carbocycles. The van der Waals surface area contributed by atoms with Crippen LogP contribution < -0.4 is 5.32 Å². The lowest BCUT2D eigenvalue weighted by atomic mass is 9.76. The third kappa shape index (κ3) is 1.68. The van der Waals surface area contributed by atoms with E-state index in [9.17, 15) is 9.59 Å². The van der Waals surface area contributed by atoms with E-state index in [1.54, 1.807) is 0 Å². The van der Waals surface area contributed by atoms with Gasteiger partial charge in [0.15, 0.2) is 0 Å². The second-order valence-corrected chi connectivity index (χ2v) is 4.89. The molecule has 2 atom stereocenters. The molecule has 2 fully saturated rings. The van der Waals surface area contributed by atoms with Gasteiger partial charge in [-0.1, -0.05) is 13.8 Å². The van der Waals surface area contributed by atoms with E-state index < -0.39 is 0 Å². The minimum atomic E-state index is -0.0798. The second kappa shape index (κ2) is 3.37. The van der Waals surface area contributed by atoms with E-state index in [4.69, 9.17) is 0 Å². The maximum absolute atomic E-state index is 11.7. The van der Waals surface area contributed by atoms with Crippen LogP contribution in [0.1, 0.15) is 33.1 Å². The van der Waals surface area contributed by atoms with E-state index in [0.29, 0.717) is 24.2 Å². The molecular formula is C11H17NO2. The molecule has 2 unspecified atom stereocenters. The van der Waals surface area contributed by atoms with Gasteiger partial charge < -0.3 is 0 Å². The zero-order valence-corrected chi connectivity index (χ0v) is 8.75. The Balaban J connectivity index is 2.15. The molecule has 0 radical (unpaired) electrons. The van der Waals surface area contributed by atoms with Crippen molar-refractivity contribution in [3.8, 4) is 0 Å². The lowest BCUT2D eigenvalue weighted by Crippen LogP contribution is -2.48. The highest BCUT2D eigenvalue weighted by Gasteiger charge is 2.45. The molecule has 2 rings (SSSR count). The minimum absolute atomic E-state index is 0.0480. The van der Waals surface area contributed by atoms with Crippen molar-refractivity contribution in [2.75, 3.05) is 0 Å². The zero-order valence-electron chi connectivity index (χ0n) is 8.75. The number of piperidine rings is 1. The van der Waals surface area contributed by atoms with Crippen molar-refractivity contribution in [1.82, 2.24) is 5.32 Å². The van der Waals surface area contributed by atoms with E-state index in [-0.39, 0.29) is 17.7 Å². The van der Waals surface area contributed by atoms with Crippen LogP contribution in [-0.2, 0) is 9.59 Å². The first-order valence-corrected chi connectivity index (χ1v) is 5.43. The Hall–Kier alpha value is -0.860. The third-order valence-electron chi connectivity index (χ3n) is 3.39.